The van der Waals surface area contributed by atoms with E-state index in [1.807, 2.05) is 20.2 Å². The molecule has 0 saturated heterocycles. The third-order valence-electron chi connectivity index (χ3n) is 2.45. The summed E-state index contributed by atoms with van der Waals surface area (Å²) in [4.78, 5) is 4.12. The third-order valence-corrected chi connectivity index (χ3v) is 3.04. The lowest BCUT2D eigenvalue weighted by atomic mass is 10.3. The molecule has 18 heavy (non-hydrogen) atoms. The molecule has 0 radical (unpaired) electrons. The highest BCUT2D eigenvalue weighted by molar-refractivity contribution is 6.37. The maximum Gasteiger partial charge on any atom is 0.151 e. The lowest BCUT2D eigenvalue weighted by Crippen LogP contribution is -2.00. The molecule has 2 aromatic rings. The second-order valence-corrected chi connectivity index (χ2v) is 4.64. The van der Waals surface area contributed by atoms with Crippen molar-refractivity contribution in [2.24, 2.45) is 7.05 Å². The Labute approximate surface area is 115 Å². The molecule has 0 bridgehead atoms. The van der Waals surface area contributed by atoms with Gasteiger partial charge < -0.3 is 11.1 Å². The van der Waals surface area contributed by atoms with Gasteiger partial charge in [0, 0.05) is 13.2 Å². The number of aromatic nitrogens is 3. The zero-order chi connectivity index (χ0) is 13.3. The van der Waals surface area contributed by atoms with Crippen molar-refractivity contribution in [2.45, 2.75) is 13.3 Å². The number of rotatable bonds is 3. The quantitative estimate of drug-likeness (QED) is 0.910. The molecule has 0 aromatic carbocycles. The third kappa shape index (κ3) is 2.52. The van der Waals surface area contributed by atoms with Crippen molar-refractivity contribution < 1.29 is 0 Å². The Morgan fingerprint density at radius 2 is 2.11 bits per heavy atom. The molecule has 7 heteroatoms. The van der Waals surface area contributed by atoms with Crippen molar-refractivity contribution in [3.8, 4) is 0 Å². The van der Waals surface area contributed by atoms with E-state index in [2.05, 4.69) is 15.4 Å². The number of aryl methyl sites for hydroxylation is 2. The van der Waals surface area contributed by atoms with E-state index in [0.717, 1.165) is 17.8 Å². The zero-order valence-corrected chi connectivity index (χ0v) is 11.5. The Morgan fingerprint density at radius 1 is 1.39 bits per heavy atom. The highest BCUT2D eigenvalue weighted by atomic mass is 35.5. The molecule has 0 aliphatic rings. The van der Waals surface area contributed by atoms with E-state index < -0.39 is 0 Å². The predicted octanol–water partition coefficient (Wildman–Crippen LogP) is 3.01. The second kappa shape index (κ2) is 5.04. The van der Waals surface area contributed by atoms with E-state index in [4.69, 9.17) is 28.9 Å². The van der Waals surface area contributed by atoms with Crippen LogP contribution in [0.4, 0.5) is 17.3 Å². The van der Waals surface area contributed by atoms with Gasteiger partial charge in [0.1, 0.15) is 5.82 Å². The highest BCUT2D eigenvalue weighted by Crippen LogP contribution is 2.30. The van der Waals surface area contributed by atoms with Gasteiger partial charge in [-0.3, -0.25) is 4.68 Å². The molecular formula is C11H13Cl2N5. The molecule has 0 atom stereocenters. The van der Waals surface area contributed by atoms with Gasteiger partial charge >= 0.3 is 0 Å². The molecule has 0 aliphatic heterocycles. The van der Waals surface area contributed by atoms with Crippen molar-refractivity contribution in [3.05, 3.63) is 28.0 Å². The summed E-state index contributed by atoms with van der Waals surface area (Å²) in [6, 6.07) is 1.57. The lowest BCUT2D eigenvalue weighted by molar-refractivity contribution is 0.746. The Balaban J connectivity index is 2.36. The van der Waals surface area contributed by atoms with Crippen molar-refractivity contribution >= 4 is 40.5 Å². The van der Waals surface area contributed by atoms with Crippen LogP contribution in [0.5, 0.6) is 0 Å². The van der Waals surface area contributed by atoms with E-state index in [1.165, 1.54) is 0 Å². The minimum absolute atomic E-state index is 0.241. The maximum atomic E-state index is 6.06. The van der Waals surface area contributed by atoms with Gasteiger partial charge in [-0.1, -0.05) is 30.1 Å². The number of anilines is 3. The Bertz CT molecular complexity index is 579. The first-order chi connectivity index (χ1) is 8.51. The van der Waals surface area contributed by atoms with E-state index >= 15 is 0 Å². The number of halogens is 2. The zero-order valence-electron chi connectivity index (χ0n) is 10.0. The highest BCUT2D eigenvalue weighted by Gasteiger charge is 2.11. The Kier molecular flexibility index (Phi) is 3.63. The summed E-state index contributed by atoms with van der Waals surface area (Å²) in [6.45, 7) is 2.03. The van der Waals surface area contributed by atoms with Gasteiger partial charge in [0.25, 0.3) is 0 Å². The summed E-state index contributed by atoms with van der Waals surface area (Å²) in [7, 11) is 1.86. The van der Waals surface area contributed by atoms with E-state index in [9.17, 15) is 0 Å². The van der Waals surface area contributed by atoms with Crippen LogP contribution in [-0.4, -0.2) is 14.8 Å². The molecule has 2 rings (SSSR count). The summed E-state index contributed by atoms with van der Waals surface area (Å²) < 4.78 is 1.73. The molecular weight excluding hydrogens is 273 g/mol. The first kappa shape index (κ1) is 13.0. The summed E-state index contributed by atoms with van der Waals surface area (Å²) in [6.07, 6.45) is 2.67. The van der Waals surface area contributed by atoms with Gasteiger partial charge in [-0.15, -0.1) is 0 Å². The number of nitrogen functional groups attached to an aromatic ring is 1. The largest absolute Gasteiger partial charge is 0.382 e. The van der Waals surface area contributed by atoms with Crippen LogP contribution in [-0.2, 0) is 13.5 Å². The number of nitrogens with one attached hydrogen (secondary N) is 1. The summed E-state index contributed by atoms with van der Waals surface area (Å²) in [5.41, 5.74) is 7.45. The molecule has 5 nitrogen and oxygen atoms in total. The molecule has 0 spiro atoms. The van der Waals surface area contributed by atoms with Gasteiger partial charge in [0.2, 0.25) is 0 Å². The van der Waals surface area contributed by atoms with E-state index in [0.29, 0.717) is 15.9 Å². The van der Waals surface area contributed by atoms with Crippen LogP contribution in [0, 0.1) is 0 Å². The first-order valence-electron chi connectivity index (χ1n) is 5.42. The fraction of sp³-hybridized carbons (Fsp3) is 0.273. The van der Waals surface area contributed by atoms with Crippen LogP contribution in [0.25, 0.3) is 0 Å². The number of hydrogen-bond acceptors (Lipinski definition) is 4. The van der Waals surface area contributed by atoms with Gasteiger partial charge in [0.15, 0.2) is 5.82 Å². The monoisotopic (exact) mass is 285 g/mol. The second-order valence-electron chi connectivity index (χ2n) is 3.83. The molecule has 3 N–H and O–H groups in total. The van der Waals surface area contributed by atoms with Crippen molar-refractivity contribution in [1.82, 2.24) is 14.8 Å². The molecule has 2 aromatic heterocycles. The number of nitrogens with zero attached hydrogens (tertiary/aromatic N) is 3. The number of hydrogen-bond donors (Lipinski definition) is 2. The van der Waals surface area contributed by atoms with Crippen molar-refractivity contribution in [2.75, 3.05) is 11.1 Å². The van der Waals surface area contributed by atoms with Crippen LogP contribution in [0.3, 0.4) is 0 Å². The predicted molar refractivity (Wildman–Crippen MR) is 74.5 cm³/mol. The van der Waals surface area contributed by atoms with E-state index in [1.54, 1.807) is 10.7 Å². The van der Waals surface area contributed by atoms with Crippen molar-refractivity contribution in [3.63, 3.8) is 0 Å². The average molecular weight is 286 g/mol. The summed E-state index contributed by atoms with van der Waals surface area (Å²) >= 11 is 11.9. The molecule has 0 unspecified atom stereocenters. The Hall–Kier alpha value is -1.46. The maximum absolute atomic E-state index is 6.06. The van der Waals surface area contributed by atoms with Crippen LogP contribution in [0.15, 0.2) is 12.3 Å². The fourth-order valence-corrected chi connectivity index (χ4v) is 2.00. The molecule has 0 amide bonds. The van der Waals surface area contributed by atoms with Crippen molar-refractivity contribution in [1.29, 1.82) is 0 Å². The molecule has 0 saturated carbocycles. The van der Waals surface area contributed by atoms with Gasteiger partial charge in [0.05, 0.1) is 21.4 Å². The number of pyridine rings is 1. The SMILES string of the molecule is CCc1nn(C)cc1Nc1nc(N)c(Cl)cc1Cl. The fourth-order valence-electron chi connectivity index (χ4n) is 1.60. The van der Waals surface area contributed by atoms with Crippen LogP contribution < -0.4 is 11.1 Å². The molecule has 0 fully saturated rings. The smallest absolute Gasteiger partial charge is 0.151 e. The molecule has 0 aliphatic carbocycles. The average Bonchev–Trinajstić information content (AvgIpc) is 2.66. The van der Waals surface area contributed by atoms with Gasteiger partial charge in [-0.05, 0) is 12.5 Å². The first-order valence-corrected chi connectivity index (χ1v) is 6.18. The topological polar surface area (TPSA) is 68.8 Å². The minimum Gasteiger partial charge on any atom is -0.382 e. The van der Waals surface area contributed by atoms with Crippen LogP contribution in [0.1, 0.15) is 12.6 Å². The Morgan fingerprint density at radius 3 is 2.78 bits per heavy atom. The standard InChI is InChI=1S/C11H13Cl2N5/c1-3-8-9(5-18(2)17-8)15-11-7(13)4-6(12)10(14)16-11/h4-5H,3H2,1-2H3,(H3,14,15,16). The van der Waals surface area contributed by atoms with Crippen LogP contribution >= 0.6 is 23.2 Å². The summed E-state index contributed by atoms with van der Waals surface area (Å²) in [5.74, 6) is 0.715. The number of nitrogens with two attached hydrogens (primary N) is 1. The minimum atomic E-state index is 0.241. The molecule has 2 heterocycles. The summed E-state index contributed by atoms with van der Waals surface area (Å²) in [5, 5.41) is 8.19. The van der Waals surface area contributed by atoms with E-state index in [-0.39, 0.29) is 5.82 Å². The molecule has 96 valence electrons. The van der Waals surface area contributed by atoms with Gasteiger partial charge in [-0.25, -0.2) is 4.98 Å². The van der Waals surface area contributed by atoms with Crippen LogP contribution in [0.2, 0.25) is 10.0 Å². The normalized spacial score (nSPS) is 10.7. The van der Waals surface area contributed by atoms with Gasteiger partial charge in [-0.2, -0.15) is 5.10 Å². The lowest BCUT2D eigenvalue weighted by Gasteiger charge is -2.08.